The van der Waals surface area contributed by atoms with E-state index in [2.05, 4.69) is 0 Å². The van der Waals surface area contributed by atoms with Gasteiger partial charge in [-0.05, 0) is 23.6 Å². The van der Waals surface area contributed by atoms with Crippen LogP contribution < -0.4 is 0 Å². The minimum Gasteiger partial charge on any atom is -0.207 e. The Morgan fingerprint density at radius 1 is 1.21 bits per heavy atom. The third-order valence-electron chi connectivity index (χ3n) is 1.74. The SMILES string of the molecule is O=S(=O)(Cl)c1ccc2cc(Cl)sc2c1. The average molecular weight is 267 g/mol. The van der Waals surface area contributed by atoms with Gasteiger partial charge in [0, 0.05) is 15.4 Å². The topological polar surface area (TPSA) is 34.1 Å². The van der Waals surface area contributed by atoms with E-state index in [4.69, 9.17) is 22.3 Å². The molecule has 6 heteroatoms. The van der Waals surface area contributed by atoms with E-state index in [0.717, 1.165) is 10.1 Å². The van der Waals surface area contributed by atoms with E-state index in [0.29, 0.717) is 4.34 Å². The molecule has 1 aromatic heterocycles. The maximum Gasteiger partial charge on any atom is 0.261 e. The molecule has 0 aliphatic heterocycles. The second-order valence-electron chi connectivity index (χ2n) is 2.69. The molecule has 0 saturated carbocycles. The van der Waals surface area contributed by atoms with Crippen LogP contribution in [0.15, 0.2) is 29.2 Å². The first-order valence-corrected chi connectivity index (χ1v) is 7.11. The molecule has 0 aliphatic rings. The van der Waals surface area contributed by atoms with Crippen LogP contribution in [0.5, 0.6) is 0 Å². The Bertz CT molecular complexity index is 586. The number of benzene rings is 1. The second kappa shape index (κ2) is 3.38. The van der Waals surface area contributed by atoms with Crippen LogP contribution in [0.2, 0.25) is 4.34 Å². The van der Waals surface area contributed by atoms with Gasteiger partial charge in [-0.2, -0.15) is 0 Å². The van der Waals surface area contributed by atoms with E-state index < -0.39 is 9.05 Å². The van der Waals surface area contributed by atoms with Gasteiger partial charge in [-0.15, -0.1) is 11.3 Å². The molecule has 0 aliphatic carbocycles. The van der Waals surface area contributed by atoms with Gasteiger partial charge >= 0.3 is 0 Å². The molecule has 14 heavy (non-hydrogen) atoms. The first-order chi connectivity index (χ1) is 6.47. The Morgan fingerprint density at radius 2 is 1.93 bits per heavy atom. The number of hydrogen-bond donors (Lipinski definition) is 0. The van der Waals surface area contributed by atoms with E-state index in [1.807, 2.05) is 0 Å². The lowest BCUT2D eigenvalue weighted by Crippen LogP contribution is -1.88. The molecule has 0 atom stereocenters. The molecule has 1 heterocycles. The smallest absolute Gasteiger partial charge is 0.207 e. The molecule has 2 aromatic rings. The highest BCUT2D eigenvalue weighted by Crippen LogP contribution is 2.31. The van der Waals surface area contributed by atoms with Crippen molar-refractivity contribution in [3.8, 4) is 0 Å². The highest BCUT2D eigenvalue weighted by atomic mass is 35.7. The van der Waals surface area contributed by atoms with E-state index in [1.165, 1.54) is 23.5 Å². The predicted molar refractivity (Wildman–Crippen MR) is 59.9 cm³/mol. The summed E-state index contributed by atoms with van der Waals surface area (Å²) in [7, 11) is 1.56. The fraction of sp³-hybridized carbons (Fsp3) is 0. The molecule has 0 spiro atoms. The largest absolute Gasteiger partial charge is 0.261 e. The van der Waals surface area contributed by atoms with Crippen LogP contribution in [0, 0.1) is 0 Å². The van der Waals surface area contributed by atoms with E-state index in [9.17, 15) is 8.42 Å². The van der Waals surface area contributed by atoms with Gasteiger partial charge in [-0.25, -0.2) is 8.42 Å². The van der Waals surface area contributed by atoms with Crippen molar-refractivity contribution in [3.05, 3.63) is 28.6 Å². The van der Waals surface area contributed by atoms with E-state index in [-0.39, 0.29) is 4.90 Å². The Morgan fingerprint density at radius 3 is 2.57 bits per heavy atom. The third-order valence-corrected chi connectivity index (χ3v) is 4.32. The van der Waals surface area contributed by atoms with Gasteiger partial charge in [0.1, 0.15) is 0 Å². The monoisotopic (exact) mass is 266 g/mol. The van der Waals surface area contributed by atoms with Gasteiger partial charge in [0.2, 0.25) is 0 Å². The summed E-state index contributed by atoms with van der Waals surface area (Å²) in [6.45, 7) is 0. The van der Waals surface area contributed by atoms with Gasteiger partial charge in [0.15, 0.2) is 0 Å². The van der Waals surface area contributed by atoms with Crippen molar-refractivity contribution in [2.24, 2.45) is 0 Å². The molecule has 0 unspecified atom stereocenters. The van der Waals surface area contributed by atoms with Crippen molar-refractivity contribution in [1.82, 2.24) is 0 Å². The summed E-state index contributed by atoms with van der Waals surface area (Å²) in [5, 5.41) is 0.920. The first-order valence-electron chi connectivity index (χ1n) is 3.60. The predicted octanol–water partition coefficient (Wildman–Crippen LogP) is 3.48. The number of fused-ring (bicyclic) bond motifs is 1. The number of thiophene rings is 1. The van der Waals surface area contributed by atoms with Crippen molar-refractivity contribution in [3.63, 3.8) is 0 Å². The molecular formula is C8H4Cl2O2S2. The number of halogens is 2. The molecule has 2 rings (SSSR count). The molecule has 0 saturated heterocycles. The molecule has 0 fully saturated rings. The van der Waals surface area contributed by atoms with Crippen molar-refractivity contribution in [2.75, 3.05) is 0 Å². The molecule has 2 nitrogen and oxygen atoms in total. The molecule has 74 valence electrons. The zero-order chi connectivity index (χ0) is 10.3. The Balaban J connectivity index is 2.74. The highest BCUT2D eigenvalue weighted by Gasteiger charge is 2.11. The lowest BCUT2D eigenvalue weighted by atomic mass is 10.3. The van der Waals surface area contributed by atoms with Crippen LogP contribution in [0.3, 0.4) is 0 Å². The van der Waals surface area contributed by atoms with Crippen LogP contribution in [-0.2, 0) is 9.05 Å². The maximum atomic E-state index is 11.0. The van der Waals surface area contributed by atoms with Crippen molar-refractivity contribution >= 4 is 52.8 Å². The Labute approximate surface area is 94.5 Å². The summed E-state index contributed by atoms with van der Waals surface area (Å²) >= 11 is 7.11. The lowest BCUT2D eigenvalue weighted by Gasteiger charge is -1.94. The van der Waals surface area contributed by atoms with Crippen LogP contribution in [0.25, 0.3) is 10.1 Å². The van der Waals surface area contributed by atoms with Gasteiger partial charge in [-0.1, -0.05) is 17.7 Å². The summed E-state index contributed by atoms with van der Waals surface area (Å²) in [5.74, 6) is 0. The van der Waals surface area contributed by atoms with Gasteiger partial charge in [0.05, 0.1) is 9.23 Å². The minimum atomic E-state index is -3.65. The fourth-order valence-corrected chi connectivity index (χ4v) is 3.18. The number of rotatable bonds is 1. The first kappa shape index (κ1) is 10.2. The summed E-state index contributed by atoms with van der Waals surface area (Å²) in [5.41, 5.74) is 0. The van der Waals surface area contributed by atoms with Crippen LogP contribution in [-0.4, -0.2) is 8.42 Å². The average Bonchev–Trinajstić information content (AvgIpc) is 2.41. The van der Waals surface area contributed by atoms with E-state index >= 15 is 0 Å². The maximum absolute atomic E-state index is 11.0. The number of hydrogen-bond acceptors (Lipinski definition) is 3. The highest BCUT2D eigenvalue weighted by molar-refractivity contribution is 8.13. The summed E-state index contributed by atoms with van der Waals surface area (Å²) < 4.78 is 23.5. The molecule has 0 N–H and O–H groups in total. The van der Waals surface area contributed by atoms with Crippen molar-refractivity contribution in [2.45, 2.75) is 4.90 Å². The van der Waals surface area contributed by atoms with Crippen LogP contribution in [0.4, 0.5) is 0 Å². The third kappa shape index (κ3) is 1.88. The summed E-state index contributed by atoms with van der Waals surface area (Å²) in [4.78, 5) is 0.102. The van der Waals surface area contributed by atoms with E-state index in [1.54, 1.807) is 12.1 Å². The van der Waals surface area contributed by atoms with Gasteiger partial charge in [0.25, 0.3) is 9.05 Å². The molecule has 0 radical (unpaired) electrons. The quantitative estimate of drug-likeness (QED) is 0.741. The van der Waals surface area contributed by atoms with Crippen LogP contribution in [0.1, 0.15) is 0 Å². The Hall–Kier alpha value is -0.290. The molecule has 1 aromatic carbocycles. The summed E-state index contributed by atoms with van der Waals surface area (Å²) in [6.07, 6.45) is 0. The molecule has 0 bridgehead atoms. The fourth-order valence-electron chi connectivity index (χ4n) is 1.13. The molecular weight excluding hydrogens is 263 g/mol. The minimum absolute atomic E-state index is 0.102. The van der Waals surface area contributed by atoms with Crippen molar-refractivity contribution < 1.29 is 8.42 Å². The standard InChI is InChI=1S/C8H4Cl2O2S2/c9-8-3-5-1-2-6(14(10,11)12)4-7(5)13-8/h1-4H. The van der Waals surface area contributed by atoms with Crippen molar-refractivity contribution in [1.29, 1.82) is 0 Å². The second-order valence-corrected chi connectivity index (χ2v) is 6.97. The normalized spacial score (nSPS) is 12.1. The van der Waals surface area contributed by atoms with Crippen LogP contribution >= 0.6 is 33.6 Å². The molecule has 0 amide bonds. The zero-order valence-electron chi connectivity index (χ0n) is 6.70. The summed E-state index contributed by atoms with van der Waals surface area (Å²) in [6, 6.07) is 6.46. The van der Waals surface area contributed by atoms with Gasteiger partial charge < -0.3 is 0 Å². The lowest BCUT2D eigenvalue weighted by molar-refractivity contribution is 0.609. The Kier molecular flexibility index (Phi) is 2.47. The zero-order valence-corrected chi connectivity index (χ0v) is 9.84. The van der Waals surface area contributed by atoms with Gasteiger partial charge in [-0.3, -0.25) is 0 Å².